The minimum Gasteiger partial charge on any atom is -0.444 e. The van der Waals surface area contributed by atoms with Crippen molar-refractivity contribution in [3.8, 4) is 39.0 Å². The molecule has 0 amide bonds. The van der Waals surface area contributed by atoms with Gasteiger partial charge in [-0.3, -0.25) is 4.98 Å². The molecule has 40 heavy (non-hydrogen) atoms. The van der Waals surface area contributed by atoms with Crippen LogP contribution in [0.15, 0.2) is 114 Å². The Labute approximate surface area is 248 Å². The summed E-state index contributed by atoms with van der Waals surface area (Å²) in [5.74, 6) is 0.567. The third kappa shape index (κ3) is 4.00. The van der Waals surface area contributed by atoms with E-state index in [1.54, 1.807) is 30.0 Å². The second-order valence-corrected chi connectivity index (χ2v) is 10.2. The monoisotopic (exact) mass is 713 g/mol. The summed E-state index contributed by atoms with van der Waals surface area (Å²) in [6.07, 6.45) is 5.08. The molecule has 0 aliphatic rings. The normalized spacial score (nSPS) is 11.3. The van der Waals surface area contributed by atoms with Gasteiger partial charge in [0.1, 0.15) is 6.26 Å². The summed E-state index contributed by atoms with van der Waals surface area (Å²) in [5.41, 5.74) is 7.44. The van der Waals surface area contributed by atoms with Gasteiger partial charge in [0.2, 0.25) is 5.89 Å². The average molecular weight is 714 g/mol. The Morgan fingerprint density at radius 2 is 1.62 bits per heavy atom. The second-order valence-electron chi connectivity index (χ2n) is 9.16. The Morgan fingerprint density at radius 3 is 2.48 bits per heavy atom. The van der Waals surface area contributed by atoms with Gasteiger partial charge in [0.05, 0.1) is 22.8 Å². The van der Waals surface area contributed by atoms with Crippen LogP contribution in [0, 0.1) is 12.1 Å². The van der Waals surface area contributed by atoms with Gasteiger partial charge in [0.15, 0.2) is 0 Å². The molecule has 4 heterocycles. The van der Waals surface area contributed by atoms with Crippen molar-refractivity contribution in [1.29, 1.82) is 0 Å². The van der Waals surface area contributed by atoms with Crippen molar-refractivity contribution in [2.45, 2.75) is 0 Å². The number of pyridine rings is 1. The molecule has 4 aromatic heterocycles. The topological polar surface area (TPSA) is 56.7 Å². The summed E-state index contributed by atoms with van der Waals surface area (Å²) in [5, 5.41) is 3.11. The molecule has 0 aliphatic heterocycles. The molecule has 8 aromatic rings. The van der Waals surface area contributed by atoms with E-state index < -0.39 is 0 Å². The van der Waals surface area contributed by atoms with Crippen LogP contribution in [0.2, 0.25) is 0 Å². The molecular formula is C33H18N4OPtS. The van der Waals surface area contributed by atoms with Crippen LogP contribution < -0.4 is 0 Å². The van der Waals surface area contributed by atoms with Gasteiger partial charge in [-0.25, -0.2) is 4.98 Å². The number of benzene rings is 4. The largest absolute Gasteiger partial charge is 2.00 e. The van der Waals surface area contributed by atoms with Crippen molar-refractivity contribution in [3.63, 3.8) is 0 Å². The van der Waals surface area contributed by atoms with E-state index in [-0.39, 0.29) is 21.1 Å². The smallest absolute Gasteiger partial charge is 0.444 e. The number of hydrogen-bond acceptors (Lipinski definition) is 5. The first kappa shape index (κ1) is 24.6. The molecule has 0 saturated carbocycles. The number of nitrogens with zero attached hydrogens (tertiary/aromatic N) is 4. The minimum atomic E-state index is 0. The van der Waals surface area contributed by atoms with Gasteiger partial charge in [-0.2, -0.15) is 11.3 Å². The van der Waals surface area contributed by atoms with Crippen molar-refractivity contribution < 1.29 is 25.5 Å². The van der Waals surface area contributed by atoms with E-state index >= 15 is 0 Å². The Balaban J connectivity index is 0.00000264. The fourth-order valence-electron chi connectivity index (χ4n) is 5.13. The second kappa shape index (κ2) is 9.98. The van der Waals surface area contributed by atoms with E-state index in [9.17, 15) is 0 Å². The Bertz CT molecular complexity index is 2100. The molecule has 8 rings (SSSR count). The van der Waals surface area contributed by atoms with Crippen LogP contribution >= 0.6 is 11.3 Å². The van der Waals surface area contributed by atoms with Crippen LogP contribution in [0.4, 0.5) is 0 Å². The molecule has 0 atom stereocenters. The van der Waals surface area contributed by atoms with Gasteiger partial charge in [0, 0.05) is 15.9 Å². The van der Waals surface area contributed by atoms with Crippen LogP contribution in [0.25, 0.3) is 71.0 Å². The molecular weight excluding hydrogens is 696 g/mol. The van der Waals surface area contributed by atoms with E-state index in [1.807, 2.05) is 60.7 Å². The van der Waals surface area contributed by atoms with Crippen molar-refractivity contribution in [1.82, 2.24) is 19.5 Å². The number of thiazole rings is 1. The first-order valence-electron chi connectivity index (χ1n) is 12.5. The molecule has 0 N–H and O–H groups in total. The molecule has 4 aromatic carbocycles. The van der Waals surface area contributed by atoms with Gasteiger partial charge in [-0.1, -0.05) is 41.8 Å². The predicted octanol–water partition coefficient (Wildman–Crippen LogP) is 8.38. The number of para-hydroxylation sites is 2. The quantitative estimate of drug-likeness (QED) is 0.172. The van der Waals surface area contributed by atoms with Crippen molar-refractivity contribution in [2.75, 3.05) is 0 Å². The molecule has 0 radical (unpaired) electrons. The molecule has 0 unspecified atom stereocenters. The van der Waals surface area contributed by atoms with Crippen molar-refractivity contribution in [3.05, 3.63) is 122 Å². The van der Waals surface area contributed by atoms with Crippen LogP contribution in [-0.4, -0.2) is 19.5 Å². The summed E-state index contributed by atoms with van der Waals surface area (Å²) in [4.78, 5) is 13.9. The van der Waals surface area contributed by atoms with Crippen LogP contribution in [0.3, 0.4) is 0 Å². The van der Waals surface area contributed by atoms with Gasteiger partial charge >= 0.3 is 21.1 Å². The third-order valence-electron chi connectivity index (χ3n) is 6.85. The first-order chi connectivity index (χ1) is 19.3. The van der Waals surface area contributed by atoms with Gasteiger partial charge in [-0.05, 0) is 46.5 Å². The van der Waals surface area contributed by atoms with E-state index in [4.69, 9.17) is 9.40 Å². The summed E-state index contributed by atoms with van der Waals surface area (Å²) in [7, 11) is 0. The summed E-state index contributed by atoms with van der Waals surface area (Å²) >= 11 is 1.68. The van der Waals surface area contributed by atoms with E-state index in [0.29, 0.717) is 5.89 Å². The maximum absolute atomic E-state index is 5.77. The van der Waals surface area contributed by atoms with Crippen LogP contribution in [-0.2, 0) is 21.1 Å². The zero-order valence-corrected chi connectivity index (χ0v) is 23.9. The molecule has 0 saturated heterocycles. The zero-order valence-electron chi connectivity index (χ0n) is 20.8. The van der Waals surface area contributed by atoms with Crippen molar-refractivity contribution in [2.24, 2.45) is 0 Å². The fraction of sp³-hybridized carbons (Fsp3) is 0. The molecule has 0 spiro atoms. The number of rotatable bonds is 4. The molecule has 0 fully saturated rings. The Morgan fingerprint density at radius 1 is 0.725 bits per heavy atom. The van der Waals surface area contributed by atoms with Gasteiger partial charge < -0.3 is 14.0 Å². The number of oxazole rings is 1. The molecule has 5 nitrogen and oxygen atoms in total. The van der Waals surface area contributed by atoms with E-state index in [0.717, 1.165) is 65.1 Å². The van der Waals surface area contributed by atoms with E-state index in [1.165, 1.54) is 0 Å². The molecule has 7 heteroatoms. The molecule has 0 aliphatic carbocycles. The number of aromatic nitrogens is 4. The van der Waals surface area contributed by atoms with Crippen LogP contribution in [0.1, 0.15) is 0 Å². The minimum absolute atomic E-state index is 0. The standard InChI is InChI=1S/C33H18N4OS.Pt/c1-2-13-30-28(12-1)36-33(39-30)22-14-15-24-25-9-6-10-26(32-35-17-18-38-32)31(25)37(29(24)20-22)23-8-5-7-21(19-23)27-11-3-4-16-34-27;/h1-18H;/q-2;+2. The predicted molar refractivity (Wildman–Crippen MR) is 156 cm³/mol. The maximum atomic E-state index is 5.77. The fourth-order valence-corrected chi connectivity index (χ4v) is 6.08. The van der Waals surface area contributed by atoms with Gasteiger partial charge in [0.25, 0.3) is 0 Å². The molecule has 192 valence electrons. The number of hydrogen-bond donors (Lipinski definition) is 0. The van der Waals surface area contributed by atoms with Gasteiger partial charge in [-0.15, -0.1) is 53.6 Å². The third-order valence-corrected chi connectivity index (χ3v) is 7.92. The first-order valence-corrected chi connectivity index (χ1v) is 13.3. The SMILES string of the molecule is [Pt+2].[c-]1c(-c2ccccn2)cccc1-n1c2[c-]c(-c3nc4ccccc4s3)ccc2c2cccc(-c3ncco3)c21. The van der Waals surface area contributed by atoms with E-state index in [2.05, 4.69) is 57.0 Å². The summed E-state index contributed by atoms with van der Waals surface area (Å²) in [6.45, 7) is 0. The Hall–Kier alpha value is -4.38. The Kier molecular flexibility index (Phi) is 6.15. The number of fused-ring (bicyclic) bond motifs is 4. The average Bonchev–Trinajstić information content (AvgIpc) is 3.75. The van der Waals surface area contributed by atoms with Crippen molar-refractivity contribution >= 4 is 43.4 Å². The maximum Gasteiger partial charge on any atom is 2.00 e. The molecule has 0 bridgehead atoms. The summed E-state index contributed by atoms with van der Waals surface area (Å²) < 4.78 is 9.13. The van der Waals surface area contributed by atoms with Crippen LogP contribution in [0.5, 0.6) is 0 Å². The zero-order chi connectivity index (χ0) is 25.8. The summed E-state index contributed by atoms with van der Waals surface area (Å²) in [6, 6.07) is 38.1.